The summed E-state index contributed by atoms with van der Waals surface area (Å²) in [7, 11) is 1.63. The Morgan fingerprint density at radius 1 is 1.38 bits per heavy atom. The molecular formula is C10H13NO2. The van der Waals surface area contributed by atoms with Gasteiger partial charge in [0.25, 0.3) is 0 Å². The lowest BCUT2D eigenvalue weighted by Crippen LogP contribution is -1.94. The van der Waals surface area contributed by atoms with Gasteiger partial charge in [-0.3, -0.25) is 0 Å². The van der Waals surface area contributed by atoms with Gasteiger partial charge in [0.2, 0.25) is 0 Å². The molecule has 0 radical (unpaired) electrons. The third-order valence-corrected chi connectivity index (χ3v) is 1.93. The monoisotopic (exact) mass is 179 g/mol. The van der Waals surface area contributed by atoms with Crippen molar-refractivity contribution in [3.05, 3.63) is 29.8 Å². The van der Waals surface area contributed by atoms with E-state index in [0.29, 0.717) is 0 Å². The SMILES string of the molecule is COc1ccc([C@H](C)/C=N/O)cc1. The summed E-state index contributed by atoms with van der Waals surface area (Å²) >= 11 is 0. The van der Waals surface area contributed by atoms with Crippen LogP contribution < -0.4 is 4.74 Å². The van der Waals surface area contributed by atoms with Crippen molar-refractivity contribution in [1.82, 2.24) is 0 Å². The largest absolute Gasteiger partial charge is 0.497 e. The summed E-state index contributed by atoms with van der Waals surface area (Å²) in [4.78, 5) is 0. The topological polar surface area (TPSA) is 41.8 Å². The van der Waals surface area contributed by atoms with E-state index in [9.17, 15) is 0 Å². The van der Waals surface area contributed by atoms with E-state index in [1.165, 1.54) is 6.21 Å². The van der Waals surface area contributed by atoms with Crippen LogP contribution in [0.15, 0.2) is 29.4 Å². The van der Waals surface area contributed by atoms with Gasteiger partial charge in [0.05, 0.1) is 13.3 Å². The van der Waals surface area contributed by atoms with Crippen LogP contribution in [0.3, 0.4) is 0 Å². The first-order chi connectivity index (χ1) is 6.27. The zero-order valence-corrected chi connectivity index (χ0v) is 7.77. The third kappa shape index (κ3) is 2.47. The summed E-state index contributed by atoms with van der Waals surface area (Å²) < 4.78 is 5.03. The van der Waals surface area contributed by atoms with Gasteiger partial charge in [0.15, 0.2) is 0 Å². The van der Waals surface area contributed by atoms with Crippen LogP contribution in [0.25, 0.3) is 0 Å². The molecule has 1 N–H and O–H groups in total. The van der Waals surface area contributed by atoms with Crippen molar-refractivity contribution in [3.63, 3.8) is 0 Å². The molecule has 0 aliphatic rings. The van der Waals surface area contributed by atoms with Crippen LogP contribution in [-0.4, -0.2) is 18.5 Å². The van der Waals surface area contributed by atoms with E-state index in [2.05, 4.69) is 5.16 Å². The van der Waals surface area contributed by atoms with Gasteiger partial charge in [-0.2, -0.15) is 0 Å². The molecule has 1 rings (SSSR count). The first-order valence-electron chi connectivity index (χ1n) is 4.09. The van der Waals surface area contributed by atoms with Gasteiger partial charge < -0.3 is 9.94 Å². The van der Waals surface area contributed by atoms with Gasteiger partial charge in [-0.1, -0.05) is 19.1 Å². The summed E-state index contributed by atoms with van der Waals surface area (Å²) in [6.07, 6.45) is 1.49. The van der Waals surface area contributed by atoms with E-state index < -0.39 is 0 Å². The lowest BCUT2D eigenvalue weighted by molar-refractivity contribution is 0.320. The molecule has 0 aromatic heterocycles. The Kier molecular flexibility index (Phi) is 3.31. The highest BCUT2D eigenvalue weighted by atomic mass is 16.5. The average molecular weight is 179 g/mol. The minimum atomic E-state index is 0.121. The molecule has 0 aliphatic carbocycles. The van der Waals surface area contributed by atoms with E-state index in [1.807, 2.05) is 31.2 Å². The Morgan fingerprint density at radius 3 is 2.46 bits per heavy atom. The lowest BCUT2D eigenvalue weighted by Gasteiger charge is -2.05. The standard InChI is InChI=1S/C10H13NO2/c1-8(7-11-12)9-3-5-10(13-2)6-4-9/h3-8,12H,1-2H3/b11-7+/t8-/m1/s1. The fourth-order valence-corrected chi connectivity index (χ4v) is 1.09. The highest BCUT2D eigenvalue weighted by Crippen LogP contribution is 2.17. The van der Waals surface area contributed by atoms with E-state index >= 15 is 0 Å². The first-order valence-corrected chi connectivity index (χ1v) is 4.09. The molecule has 70 valence electrons. The second-order valence-corrected chi connectivity index (χ2v) is 2.83. The average Bonchev–Trinajstić information content (AvgIpc) is 2.18. The highest BCUT2D eigenvalue weighted by Gasteiger charge is 2.01. The van der Waals surface area contributed by atoms with Crippen molar-refractivity contribution in [2.75, 3.05) is 7.11 Å². The predicted molar refractivity (Wildman–Crippen MR) is 51.7 cm³/mol. The molecule has 1 aromatic rings. The Morgan fingerprint density at radius 2 is 2.00 bits per heavy atom. The van der Waals surface area contributed by atoms with Crippen LogP contribution >= 0.6 is 0 Å². The molecule has 0 amide bonds. The molecule has 0 saturated heterocycles. The second kappa shape index (κ2) is 4.50. The predicted octanol–water partition coefficient (Wildman–Crippen LogP) is 2.26. The molecule has 0 saturated carbocycles. The lowest BCUT2D eigenvalue weighted by atomic mass is 10.0. The van der Waals surface area contributed by atoms with Gasteiger partial charge in [-0.15, -0.1) is 5.16 Å². The molecule has 1 aromatic carbocycles. The molecule has 3 heteroatoms. The number of rotatable bonds is 3. The van der Waals surface area contributed by atoms with Gasteiger partial charge >= 0.3 is 0 Å². The molecule has 0 unspecified atom stereocenters. The van der Waals surface area contributed by atoms with Crippen molar-refractivity contribution < 1.29 is 9.94 Å². The van der Waals surface area contributed by atoms with Gasteiger partial charge in [0, 0.05) is 5.92 Å². The maximum Gasteiger partial charge on any atom is 0.118 e. The Balaban J connectivity index is 2.79. The number of hydrogen-bond donors (Lipinski definition) is 1. The Hall–Kier alpha value is -1.51. The first kappa shape index (κ1) is 9.58. The van der Waals surface area contributed by atoms with Gasteiger partial charge in [0.1, 0.15) is 5.75 Å². The summed E-state index contributed by atoms with van der Waals surface area (Å²) in [6, 6.07) is 7.67. The normalized spacial score (nSPS) is 13.1. The minimum Gasteiger partial charge on any atom is -0.497 e. The second-order valence-electron chi connectivity index (χ2n) is 2.83. The number of methoxy groups -OCH3 is 1. The summed E-state index contributed by atoms with van der Waals surface area (Å²) in [5.41, 5.74) is 1.10. The maximum absolute atomic E-state index is 8.34. The maximum atomic E-state index is 8.34. The van der Waals surface area contributed by atoms with Crippen molar-refractivity contribution in [1.29, 1.82) is 0 Å². The fourth-order valence-electron chi connectivity index (χ4n) is 1.09. The van der Waals surface area contributed by atoms with Crippen LogP contribution in [0.2, 0.25) is 0 Å². The zero-order chi connectivity index (χ0) is 9.68. The quantitative estimate of drug-likeness (QED) is 0.439. The van der Waals surface area contributed by atoms with Crippen LogP contribution in [0.5, 0.6) is 5.75 Å². The summed E-state index contributed by atoms with van der Waals surface area (Å²) in [6.45, 7) is 1.96. The van der Waals surface area contributed by atoms with Crippen molar-refractivity contribution in [2.45, 2.75) is 12.8 Å². The van der Waals surface area contributed by atoms with Crippen LogP contribution in [-0.2, 0) is 0 Å². The molecule has 1 atom stereocenters. The molecule has 0 aliphatic heterocycles. The van der Waals surface area contributed by atoms with Crippen molar-refractivity contribution >= 4 is 6.21 Å². The Bertz CT molecular complexity index is 279. The number of oxime groups is 1. The summed E-state index contributed by atoms with van der Waals surface area (Å²) in [5.74, 6) is 0.952. The van der Waals surface area contributed by atoms with Crippen molar-refractivity contribution in [3.8, 4) is 5.75 Å². The number of benzene rings is 1. The molecular weight excluding hydrogens is 166 g/mol. The van der Waals surface area contributed by atoms with E-state index in [4.69, 9.17) is 9.94 Å². The molecule has 0 fully saturated rings. The third-order valence-electron chi connectivity index (χ3n) is 1.93. The van der Waals surface area contributed by atoms with Crippen molar-refractivity contribution in [2.24, 2.45) is 5.16 Å². The zero-order valence-electron chi connectivity index (χ0n) is 7.77. The minimum absolute atomic E-state index is 0.121. The number of ether oxygens (including phenoxy) is 1. The van der Waals surface area contributed by atoms with Crippen LogP contribution in [0.4, 0.5) is 0 Å². The molecule has 3 nitrogen and oxygen atoms in total. The Labute approximate surface area is 77.6 Å². The molecule has 0 bridgehead atoms. The number of hydrogen-bond acceptors (Lipinski definition) is 3. The number of nitrogens with zero attached hydrogens (tertiary/aromatic N) is 1. The van der Waals surface area contributed by atoms with E-state index in [-0.39, 0.29) is 5.92 Å². The van der Waals surface area contributed by atoms with Gasteiger partial charge in [-0.25, -0.2) is 0 Å². The van der Waals surface area contributed by atoms with Gasteiger partial charge in [-0.05, 0) is 17.7 Å². The van der Waals surface area contributed by atoms with Crippen LogP contribution in [0.1, 0.15) is 18.4 Å². The smallest absolute Gasteiger partial charge is 0.118 e. The summed E-state index contributed by atoms with van der Waals surface area (Å²) in [5, 5.41) is 11.3. The fraction of sp³-hybridized carbons (Fsp3) is 0.300. The van der Waals surface area contributed by atoms with E-state index in [0.717, 1.165) is 11.3 Å². The molecule has 0 spiro atoms. The highest BCUT2D eigenvalue weighted by molar-refractivity contribution is 5.66. The molecule has 0 heterocycles. The van der Waals surface area contributed by atoms with E-state index in [1.54, 1.807) is 7.11 Å². The van der Waals surface area contributed by atoms with Crippen LogP contribution in [0, 0.1) is 0 Å². The molecule has 13 heavy (non-hydrogen) atoms.